The number of carbonyl (C=O) groups excluding carboxylic acids is 1. The highest BCUT2D eigenvalue weighted by Gasteiger charge is 2.33. The summed E-state index contributed by atoms with van der Waals surface area (Å²) in [6, 6.07) is 4.61. The van der Waals surface area contributed by atoms with Gasteiger partial charge in [-0.05, 0) is 30.9 Å². The van der Waals surface area contributed by atoms with Gasteiger partial charge in [-0.25, -0.2) is 0 Å². The average molecular weight is 265 g/mol. The Morgan fingerprint density at radius 1 is 1.37 bits per heavy atom. The number of hydrogen-bond acceptors (Lipinski definition) is 4. The topological polar surface area (TPSA) is 112 Å². The molecule has 6 heteroatoms. The Balaban J connectivity index is 3.14. The van der Waals surface area contributed by atoms with Crippen molar-refractivity contribution in [2.75, 3.05) is 5.73 Å². The molecule has 6 nitrogen and oxygen atoms in total. The SMILES string of the molecule is CCC(CC)(Cc1ccc(N)c([N+](=O)[O-])c1)C(N)=O. The molecule has 19 heavy (non-hydrogen) atoms. The number of nitrogen functional groups attached to an aromatic ring is 1. The Labute approximate surface area is 111 Å². The van der Waals surface area contributed by atoms with Crippen LogP contribution in [0.1, 0.15) is 32.3 Å². The molecule has 0 aromatic heterocycles. The number of anilines is 1. The molecule has 0 aliphatic rings. The Morgan fingerprint density at radius 3 is 2.37 bits per heavy atom. The molecule has 0 saturated heterocycles. The number of nitro benzene ring substituents is 1. The van der Waals surface area contributed by atoms with Gasteiger partial charge in [0.15, 0.2) is 0 Å². The summed E-state index contributed by atoms with van der Waals surface area (Å²) in [6.45, 7) is 3.78. The van der Waals surface area contributed by atoms with E-state index in [0.29, 0.717) is 24.8 Å². The molecule has 1 amide bonds. The van der Waals surface area contributed by atoms with Gasteiger partial charge in [0.05, 0.1) is 10.3 Å². The van der Waals surface area contributed by atoms with Crippen LogP contribution >= 0.6 is 0 Å². The number of amides is 1. The second kappa shape index (κ2) is 5.69. The van der Waals surface area contributed by atoms with Crippen molar-refractivity contribution in [1.29, 1.82) is 0 Å². The van der Waals surface area contributed by atoms with Gasteiger partial charge in [-0.1, -0.05) is 19.9 Å². The predicted molar refractivity (Wildman–Crippen MR) is 73.4 cm³/mol. The number of benzene rings is 1. The van der Waals surface area contributed by atoms with E-state index in [2.05, 4.69) is 0 Å². The van der Waals surface area contributed by atoms with Gasteiger partial charge < -0.3 is 11.5 Å². The predicted octanol–water partition coefficient (Wildman–Crippen LogP) is 2.01. The van der Waals surface area contributed by atoms with Gasteiger partial charge in [-0.3, -0.25) is 14.9 Å². The van der Waals surface area contributed by atoms with Crippen LogP contribution in [0, 0.1) is 15.5 Å². The largest absolute Gasteiger partial charge is 0.393 e. The Hall–Kier alpha value is -2.11. The third kappa shape index (κ3) is 3.01. The minimum atomic E-state index is -0.663. The number of nitro groups is 1. The first kappa shape index (κ1) is 14.9. The van der Waals surface area contributed by atoms with Crippen LogP contribution in [-0.2, 0) is 11.2 Å². The summed E-state index contributed by atoms with van der Waals surface area (Å²) in [5.74, 6) is -0.378. The van der Waals surface area contributed by atoms with Crippen molar-refractivity contribution in [2.24, 2.45) is 11.1 Å². The van der Waals surface area contributed by atoms with Crippen LogP contribution in [0.15, 0.2) is 18.2 Å². The zero-order chi connectivity index (χ0) is 14.6. The summed E-state index contributed by atoms with van der Waals surface area (Å²) >= 11 is 0. The van der Waals surface area contributed by atoms with Crippen molar-refractivity contribution in [3.63, 3.8) is 0 Å². The van der Waals surface area contributed by atoms with E-state index in [4.69, 9.17) is 11.5 Å². The van der Waals surface area contributed by atoms with Crippen LogP contribution in [0.3, 0.4) is 0 Å². The summed E-state index contributed by atoms with van der Waals surface area (Å²) in [7, 11) is 0. The highest BCUT2D eigenvalue weighted by Crippen LogP contribution is 2.32. The Bertz CT molecular complexity index is 496. The van der Waals surface area contributed by atoms with Crippen LogP contribution in [0.5, 0.6) is 0 Å². The van der Waals surface area contributed by atoms with Crippen molar-refractivity contribution in [3.05, 3.63) is 33.9 Å². The third-order valence-corrected chi connectivity index (χ3v) is 3.71. The van der Waals surface area contributed by atoms with E-state index >= 15 is 0 Å². The van der Waals surface area contributed by atoms with Crippen LogP contribution in [0.2, 0.25) is 0 Å². The maximum absolute atomic E-state index is 11.6. The molecule has 1 aromatic carbocycles. The molecule has 0 aliphatic carbocycles. The van der Waals surface area contributed by atoms with Crippen molar-refractivity contribution in [1.82, 2.24) is 0 Å². The molecule has 0 spiro atoms. The second-order valence-electron chi connectivity index (χ2n) is 4.68. The summed E-state index contributed by atoms with van der Waals surface area (Å²) < 4.78 is 0. The number of primary amides is 1. The minimum absolute atomic E-state index is 0.117. The van der Waals surface area contributed by atoms with Gasteiger partial charge in [0, 0.05) is 6.07 Å². The molecule has 4 N–H and O–H groups in total. The zero-order valence-electron chi connectivity index (χ0n) is 11.2. The van der Waals surface area contributed by atoms with E-state index < -0.39 is 10.3 Å². The first-order valence-corrected chi connectivity index (χ1v) is 6.19. The molecule has 1 aromatic rings. The smallest absolute Gasteiger partial charge is 0.292 e. The van der Waals surface area contributed by atoms with E-state index in [1.807, 2.05) is 13.8 Å². The summed E-state index contributed by atoms with van der Waals surface area (Å²) in [5, 5.41) is 10.8. The van der Waals surface area contributed by atoms with Gasteiger partial charge in [-0.2, -0.15) is 0 Å². The van der Waals surface area contributed by atoms with Crippen LogP contribution in [0.4, 0.5) is 11.4 Å². The molecule has 0 unspecified atom stereocenters. The lowest BCUT2D eigenvalue weighted by atomic mass is 9.76. The summed E-state index contributed by atoms with van der Waals surface area (Å²) in [4.78, 5) is 22.0. The van der Waals surface area contributed by atoms with Crippen molar-refractivity contribution in [3.8, 4) is 0 Å². The number of nitrogens with zero attached hydrogens (tertiary/aromatic N) is 1. The molecule has 104 valence electrons. The van der Waals surface area contributed by atoms with Gasteiger partial charge >= 0.3 is 0 Å². The maximum atomic E-state index is 11.6. The van der Waals surface area contributed by atoms with Crippen molar-refractivity contribution >= 4 is 17.3 Å². The molecule has 0 heterocycles. The van der Waals surface area contributed by atoms with Gasteiger partial charge in [0.25, 0.3) is 5.69 Å². The summed E-state index contributed by atoms with van der Waals surface area (Å²) in [6.07, 6.45) is 1.57. The highest BCUT2D eigenvalue weighted by molar-refractivity contribution is 5.81. The van der Waals surface area contributed by atoms with E-state index in [1.165, 1.54) is 12.1 Å². The van der Waals surface area contributed by atoms with Crippen molar-refractivity contribution in [2.45, 2.75) is 33.1 Å². The molecule has 0 saturated carbocycles. The maximum Gasteiger partial charge on any atom is 0.292 e. The van der Waals surface area contributed by atoms with Crippen LogP contribution in [0.25, 0.3) is 0 Å². The van der Waals surface area contributed by atoms with E-state index in [9.17, 15) is 14.9 Å². The highest BCUT2D eigenvalue weighted by atomic mass is 16.6. The third-order valence-electron chi connectivity index (χ3n) is 3.71. The lowest BCUT2D eigenvalue weighted by Gasteiger charge is -2.28. The zero-order valence-corrected chi connectivity index (χ0v) is 11.2. The molecule has 0 aliphatic heterocycles. The number of carbonyl (C=O) groups is 1. The molecular weight excluding hydrogens is 246 g/mol. The van der Waals surface area contributed by atoms with Crippen molar-refractivity contribution < 1.29 is 9.72 Å². The van der Waals surface area contributed by atoms with Gasteiger partial charge in [0.2, 0.25) is 5.91 Å². The lowest BCUT2D eigenvalue weighted by molar-refractivity contribution is -0.384. The fourth-order valence-corrected chi connectivity index (χ4v) is 2.18. The molecule has 0 fully saturated rings. The van der Waals surface area contributed by atoms with Gasteiger partial charge in [0.1, 0.15) is 5.69 Å². The van der Waals surface area contributed by atoms with Gasteiger partial charge in [-0.15, -0.1) is 0 Å². The van der Waals surface area contributed by atoms with E-state index in [1.54, 1.807) is 6.07 Å². The second-order valence-corrected chi connectivity index (χ2v) is 4.68. The quantitative estimate of drug-likeness (QED) is 0.465. The minimum Gasteiger partial charge on any atom is -0.393 e. The van der Waals surface area contributed by atoms with Crippen LogP contribution in [-0.4, -0.2) is 10.8 Å². The fourth-order valence-electron chi connectivity index (χ4n) is 2.18. The standard InChI is InChI=1S/C13H19N3O3/c1-3-13(4-2,12(15)17)8-9-5-6-10(14)11(7-9)16(18)19/h5-7H,3-4,8,14H2,1-2H3,(H2,15,17). The molecular formula is C13H19N3O3. The molecule has 0 bridgehead atoms. The van der Waals surface area contributed by atoms with E-state index in [-0.39, 0.29) is 17.3 Å². The fraction of sp³-hybridized carbons (Fsp3) is 0.462. The Morgan fingerprint density at radius 2 is 1.95 bits per heavy atom. The van der Waals surface area contributed by atoms with Crippen LogP contribution < -0.4 is 11.5 Å². The summed E-state index contributed by atoms with van der Waals surface area (Å²) in [5.41, 5.74) is 11.0. The Kier molecular flexibility index (Phi) is 4.47. The first-order chi connectivity index (χ1) is 8.86. The number of hydrogen-bond donors (Lipinski definition) is 2. The molecule has 1 rings (SSSR count). The molecule has 0 atom stereocenters. The first-order valence-electron chi connectivity index (χ1n) is 6.19. The number of nitrogens with two attached hydrogens (primary N) is 2. The lowest BCUT2D eigenvalue weighted by Crippen LogP contribution is -2.38. The average Bonchev–Trinajstić information content (AvgIpc) is 2.37. The molecule has 0 radical (unpaired) electrons. The normalized spacial score (nSPS) is 11.3. The monoisotopic (exact) mass is 265 g/mol. The van der Waals surface area contributed by atoms with E-state index in [0.717, 1.165) is 0 Å². The number of rotatable bonds is 6.